The molecule has 1 unspecified atom stereocenters. The maximum atomic E-state index is 9.42. The predicted octanol–water partition coefficient (Wildman–Crippen LogP) is 2.78. The van der Waals surface area contributed by atoms with Gasteiger partial charge in [-0.1, -0.05) is 24.3 Å². The average molecular weight is 296 g/mol. The van der Waals surface area contributed by atoms with Gasteiger partial charge >= 0.3 is 0 Å². The number of hydrogen-bond acceptors (Lipinski definition) is 5. The second-order valence-corrected chi connectivity index (χ2v) is 4.87. The highest BCUT2D eigenvalue weighted by molar-refractivity contribution is 5.46. The summed E-state index contributed by atoms with van der Waals surface area (Å²) in [6.07, 6.45) is 0. The average Bonchev–Trinajstić information content (AvgIpc) is 3.03. The molecule has 1 atom stereocenters. The van der Waals surface area contributed by atoms with E-state index < -0.39 is 6.04 Å². The smallest absolute Gasteiger partial charge is 0.231 e. The van der Waals surface area contributed by atoms with Gasteiger partial charge in [-0.3, -0.25) is 5.32 Å². The van der Waals surface area contributed by atoms with Crippen LogP contribution in [0.25, 0.3) is 0 Å². The van der Waals surface area contributed by atoms with Crippen molar-refractivity contribution in [1.29, 1.82) is 5.26 Å². The van der Waals surface area contributed by atoms with Crippen molar-refractivity contribution >= 4 is 0 Å². The first-order chi connectivity index (χ1) is 10.8. The van der Waals surface area contributed by atoms with E-state index >= 15 is 0 Å². The van der Waals surface area contributed by atoms with E-state index in [1.807, 2.05) is 42.5 Å². The molecule has 2 aromatic carbocycles. The van der Waals surface area contributed by atoms with Crippen LogP contribution in [0.4, 0.5) is 0 Å². The fourth-order valence-corrected chi connectivity index (χ4v) is 2.39. The van der Waals surface area contributed by atoms with Crippen LogP contribution in [0, 0.1) is 11.3 Å². The second-order valence-electron chi connectivity index (χ2n) is 4.87. The number of nitrogens with zero attached hydrogens (tertiary/aromatic N) is 1. The number of nitriles is 1. The van der Waals surface area contributed by atoms with E-state index in [0.29, 0.717) is 18.0 Å². The molecule has 1 aliphatic rings. The molecule has 0 amide bonds. The summed E-state index contributed by atoms with van der Waals surface area (Å²) in [5.74, 6) is 2.19. The highest BCUT2D eigenvalue weighted by Crippen LogP contribution is 2.34. The molecule has 5 heteroatoms. The zero-order chi connectivity index (χ0) is 15.4. The number of fused-ring (bicyclic) bond motifs is 1. The lowest BCUT2D eigenvalue weighted by Crippen LogP contribution is -2.19. The lowest BCUT2D eigenvalue weighted by molar-refractivity contribution is 0.174. The molecule has 0 aromatic heterocycles. The summed E-state index contributed by atoms with van der Waals surface area (Å²) in [7, 11) is 1.64. The highest BCUT2D eigenvalue weighted by atomic mass is 16.7. The van der Waals surface area contributed by atoms with Crippen LogP contribution < -0.4 is 19.5 Å². The van der Waals surface area contributed by atoms with E-state index in [4.69, 9.17) is 14.2 Å². The quantitative estimate of drug-likeness (QED) is 0.919. The maximum Gasteiger partial charge on any atom is 0.231 e. The molecule has 0 fully saturated rings. The lowest BCUT2D eigenvalue weighted by Gasteiger charge is -2.14. The summed E-state index contributed by atoms with van der Waals surface area (Å²) in [6.45, 7) is 0.765. The molecule has 0 bridgehead atoms. The summed E-state index contributed by atoms with van der Waals surface area (Å²) in [5, 5.41) is 12.6. The van der Waals surface area contributed by atoms with Crippen molar-refractivity contribution in [3.05, 3.63) is 53.6 Å². The van der Waals surface area contributed by atoms with Gasteiger partial charge in [0.2, 0.25) is 6.79 Å². The van der Waals surface area contributed by atoms with E-state index in [9.17, 15) is 5.26 Å². The second kappa shape index (κ2) is 6.37. The SMILES string of the molecule is COc1ccccc1CNC(C#N)c1ccc2c(c1)OCO2. The first-order valence-electron chi connectivity index (χ1n) is 6.96. The molecule has 1 aliphatic heterocycles. The minimum atomic E-state index is -0.431. The molecule has 22 heavy (non-hydrogen) atoms. The van der Waals surface area contributed by atoms with Crippen LogP contribution in [0.1, 0.15) is 17.2 Å². The van der Waals surface area contributed by atoms with Gasteiger partial charge in [0.15, 0.2) is 11.5 Å². The minimum Gasteiger partial charge on any atom is -0.496 e. The Hall–Kier alpha value is -2.71. The van der Waals surface area contributed by atoms with Crippen LogP contribution >= 0.6 is 0 Å². The number of methoxy groups -OCH3 is 1. The van der Waals surface area contributed by atoms with Gasteiger partial charge in [-0.25, -0.2) is 0 Å². The first-order valence-corrected chi connectivity index (χ1v) is 6.96. The fraction of sp³-hybridized carbons (Fsp3) is 0.235. The van der Waals surface area contributed by atoms with E-state index in [-0.39, 0.29) is 6.79 Å². The zero-order valence-corrected chi connectivity index (χ0v) is 12.2. The number of para-hydroxylation sites is 1. The van der Waals surface area contributed by atoms with E-state index in [1.165, 1.54) is 0 Å². The van der Waals surface area contributed by atoms with Gasteiger partial charge in [-0.05, 0) is 23.8 Å². The Balaban J connectivity index is 1.74. The van der Waals surface area contributed by atoms with Gasteiger partial charge < -0.3 is 14.2 Å². The van der Waals surface area contributed by atoms with Gasteiger partial charge in [0.05, 0.1) is 13.2 Å². The Morgan fingerprint density at radius 1 is 1.23 bits per heavy atom. The van der Waals surface area contributed by atoms with Gasteiger partial charge in [-0.15, -0.1) is 0 Å². The summed E-state index contributed by atoms with van der Waals surface area (Å²) >= 11 is 0. The molecule has 5 nitrogen and oxygen atoms in total. The molecule has 1 N–H and O–H groups in total. The van der Waals surface area contributed by atoms with Crippen molar-refractivity contribution in [2.75, 3.05) is 13.9 Å². The molecule has 0 aliphatic carbocycles. The Morgan fingerprint density at radius 3 is 2.86 bits per heavy atom. The maximum absolute atomic E-state index is 9.42. The Kier molecular flexibility index (Phi) is 4.12. The van der Waals surface area contributed by atoms with Gasteiger partial charge in [-0.2, -0.15) is 5.26 Å². The molecule has 0 saturated heterocycles. The van der Waals surface area contributed by atoms with Gasteiger partial charge in [0.25, 0.3) is 0 Å². The largest absolute Gasteiger partial charge is 0.496 e. The standard InChI is InChI=1S/C17H16N2O3/c1-20-15-5-3-2-4-13(15)10-19-14(9-18)12-6-7-16-17(8-12)22-11-21-16/h2-8,14,19H,10-11H2,1H3. The fourth-order valence-electron chi connectivity index (χ4n) is 2.39. The summed E-state index contributed by atoms with van der Waals surface area (Å²) in [4.78, 5) is 0. The molecule has 0 spiro atoms. The summed E-state index contributed by atoms with van der Waals surface area (Å²) < 4.78 is 16.0. The van der Waals surface area contributed by atoms with Crippen LogP contribution in [0.15, 0.2) is 42.5 Å². The van der Waals surface area contributed by atoms with Crippen LogP contribution in [0.2, 0.25) is 0 Å². The zero-order valence-electron chi connectivity index (χ0n) is 12.2. The molecule has 2 aromatic rings. The van der Waals surface area contributed by atoms with E-state index in [2.05, 4.69) is 11.4 Å². The summed E-state index contributed by atoms with van der Waals surface area (Å²) in [6, 6.07) is 15.1. The molecular formula is C17H16N2O3. The van der Waals surface area contributed by atoms with Crippen molar-refractivity contribution in [3.63, 3.8) is 0 Å². The molecule has 112 valence electrons. The number of benzene rings is 2. The van der Waals surface area contributed by atoms with Crippen LogP contribution in [-0.4, -0.2) is 13.9 Å². The van der Waals surface area contributed by atoms with Crippen LogP contribution in [0.5, 0.6) is 17.2 Å². The Labute approximate surface area is 129 Å². The monoisotopic (exact) mass is 296 g/mol. The molecule has 1 heterocycles. The van der Waals surface area contributed by atoms with Crippen LogP contribution in [-0.2, 0) is 6.54 Å². The van der Waals surface area contributed by atoms with Crippen molar-refractivity contribution in [3.8, 4) is 23.3 Å². The van der Waals surface area contributed by atoms with Gasteiger partial charge in [0.1, 0.15) is 11.8 Å². The third kappa shape index (κ3) is 2.83. The van der Waals surface area contributed by atoms with Gasteiger partial charge in [0, 0.05) is 12.1 Å². The Morgan fingerprint density at radius 2 is 2.05 bits per heavy atom. The highest BCUT2D eigenvalue weighted by Gasteiger charge is 2.17. The molecule has 3 rings (SSSR count). The van der Waals surface area contributed by atoms with E-state index in [0.717, 1.165) is 16.9 Å². The minimum absolute atomic E-state index is 0.227. The third-order valence-electron chi connectivity index (χ3n) is 3.55. The first kappa shape index (κ1) is 14.2. The normalized spacial score (nSPS) is 13.5. The topological polar surface area (TPSA) is 63.5 Å². The van der Waals surface area contributed by atoms with E-state index in [1.54, 1.807) is 7.11 Å². The number of nitrogens with one attached hydrogen (secondary N) is 1. The molecule has 0 radical (unpaired) electrons. The van der Waals surface area contributed by atoms with Crippen molar-refractivity contribution in [2.24, 2.45) is 0 Å². The van der Waals surface area contributed by atoms with Crippen molar-refractivity contribution in [1.82, 2.24) is 5.32 Å². The van der Waals surface area contributed by atoms with Crippen LogP contribution in [0.3, 0.4) is 0 Å². The number of ether oxygens (including phenoxy) is 3. The molecule has 0 saturated carbocycles. The third-order valence-corrected chi connectivity index (χ3v) is 3.55. The van der Waals surface area contributed by atoms with Crippen molar-refractivity contribution < 1.29 is 14.2 Å². The molecular weight excluding hydrogens is 280 g/mol. The number of hydrogen-bond donors (Lipinski definition) is 1. The predicted molar refractivity (Wildman–Crippen MR) is 80.8 cm³/mol. The number of rotatable bonds is 5. The summed E-state index contributed by atoms with van der Waals surface area (Å²) in [5.41, 5.74) is 1.85. The Bertz CT molecular complexity index is 709. The lowest BCUT2D eigenvalue weighted by atomic mass is 10.1. The van der Waals surface area contributed by atoms with Crippen molar-refractivity contribution in [2.45, 2.75) is 12.6 Å².